The number of aryl methyl sites for hydroxylation is 1. The summed E-state index contributed by atoms with van der Waals surface area (Å²) in [5, 5.41) is 0. The fourth-order valence-corrected chi connectivity index (χ4v) is 3.65. The molecule has 1 fully saturated rings. The highest BCUT2D eigenvalue weighted by Gasteiger charge is 2.19. The Hall–Kier alpha value is -1.31. The molecule has 1 aliphatic carbocycles. The lowest BCUT2D eigenvalue weighted by molar-refractivity contribution is -0.123. The molecule has 1 aromatic rings. The van der Waals surface area contributed by atoms with E-state index in [2.05, 4.69) is 18.2 Å². The van der Waals surface area contributed by atoms with Gasteiger partial charge in [-0.3, -0.25) is 4.79 Å². The molecule has 1 aliphatic heterocycles. The molecular weight excluding hydrogens is 260 g/mol. The van der Waals surface area contributed by atoms with Crippen LogP contribution in [0.25, 0.3) is 0 Å². The molecule has 21 heavy (non-hydrogen) atoms. The van der Waals surface area contributed by atoms with E-state index in [1.807, 2.05) is 0 Å². The van der Waals surface area contributed by atoms with Gasteiger partial charge in [0, 0.05) is 18.8 Å². The van der Waals surface area contributed by atoms with Gasteiger partial charge in [0.05, 0.1) is 6.61 Å². The van der Waals surface area contributed by atoms with Gasteiger partial charge >= 0.3 is 0 Å². The zero-order valence-corrected chi connectivity index (χ0v) is 12.9. The van der Waals surface area contributed by atoms with Gasteiger partial charge in [-0.05, 0) is 36.5 Å². The van der Waals surface area contributed by atoms with Gasteiger partial charge in [-0.2, -0.15) is 0 Å². The van der Waals surface area contributed by atoms with Crippen LogP contribution < -0.4 is 4.74 Å². The SMILES string of the molecule is O=C(CCc1ccc2c(c1)CCO2)C1CCCCCCC1. The summed E-state index contributed by atoms with van der Waals surface area (Å²) >= 11 is 0. The molecular formula is C19H26O2. The number of hydrogen-bond acceptors (Lipinski definition) is 2. The van der Waals surface area contributed by atoms with E-state index in [0.29, 0.717) is 18.1 Å². The van der Waals surface area contributed by atoms with E-state index < -0.39 is 0 Å². The van der Waals surface area contributed by atoms with E-state index in [0.717, 1.165) is 38.0 Å². The Morgan fingerprint density at radius 2 is 1.86 bits per heavy atom. The van der Waals surface area contributed by atoms with Gasteiger partial charge in [-0.25, -0.2) is 0 Å². The number of Topliss-reactive ketones (excluding diaryl/α,β-unsaturated/α-hetero) is 1. The minimum atomic E-state index is 0.336. The summed E-state index contributed by atoms with van der Waals surface area (Å²) in [4.78, 5) is 12.4. The fourth-order valence-electron chi connectivity index (χ4n) is 3.65. The summed E-state index contributed by atoms with van der Waals surface area (Å²) in [6, 6.07) is 6.42. The Labute approximate surface area is 127 Å². The number of carbonyl (C=O) groups excluding carboxylic acids is 1. The van der Waals surface area contributed by atoms with Crippen LogP contribution >= 0.6 is 0 Å². The second kappa shape index (κ2) is 7.11. The van der Waals surface area contributed by atoms with Gasteiger partial charge in [0.1, 0.15) is 11.5 Å². The summed E-state index contributed by atoms with van der Waals surface area (Å²) in [7, 11) is 0. The Morgan fingerprint density at radius 1 is 1.10 bits per heavy atom. The Bertz CT molecular complexity index is 484. The molecule has 1 heterocycles. The minimum Gasteiger partial charge on any atom is -0.493 e. The molecule has 2 aliphatic rings. The number of hydrogen-bond donors (Lipinski definition) is 0. The first-order valence-corrected chi connectivity index (χ1v) is 8.60. The number of fused-ring (bicyclic) bond motifs is 1. The van der Waals surface area contributed by atoms with Crippen molar-refractivity contribution in [2.45, 2.75) is 64.2 Å². The molecule has 0 amide bonds. The largest absolute Gasteiger partial charge is 0.493 e. The van der Waals surface area contributed by atoms with Crippen LogP contribution in [0.2, 0.25) is 0 Å². The maximum atomic E-state index is 12.4. The van der Waals surface area contributed by atoms with E-state index >= 15 is 0 Å². The van der Waals surface area contributed by atoms with E-state index in [1.165, 1.54) is 43.2 Å². The van der Waals surface area contributed by atoms with Crippen LogP contribution in [0.15, 0.2) is 18.2 Å². The average Bonchev–Trinajstić information content (AvgIpc) is 2.92. The number of ether oxygens (including phenoxy) is 1. The van der Waals surface area contributed by atoms with Crippen LogP contribution in [0.5, 0.6) is 5.75 Å². The molecule has 0 N–H and O–H groups in total. The van der Waals surface area contributed by atoms with Crippen molar-refractivity contribution >= 4 is 5.78 Å². The molecule has 0 spiro atoms. The zero-order chi connectivity index (χ0) is 14.5. The van der Waals surface area contributed by atoms with Crippen LogP contribution in [-0.4, -0.2) is 12.4 Å². The number of ketones is 1. The first-order chi connectivity index (χ1) is 10.3. The molecule has 0 atom stereocenters. The van der Waals surface area contributed by atoms with E-state index in [-0.39, 0.29) is 0 Å². The summed E-state index contributed by atoms with van der Waals surface area (Å²) in [5.41, 5.74) is 2.60. The first kappa shape index (κ1) is 14.6. The Kier molecular flexibility index (Phi) is 4.95. The standard InChI is InChI=1S/C19H26O2/c20-18(16-6-4-2-1-3-5-7-16)10-8-15-9-11-19-17(14-15)12-13-21-19/h9,11,14,16H,1-8,10,12-13H2. The molecule has 1 saturated carbocycles. The monoisotopic (exact) mass is 286 g/mol. The maximum absolute atomic E-state index is 12.4. The Balaban J connectivity index is 1.52. The number of carbonyl (C=O) groups is 1. The molecule has 0 aromatic heterocycles. The molecule has 114 valence electrons. The second-order valence-electron chi connectivity index (χ2n) is 6.55. The highest BCUT2D eigenvalue weighted by molar-refractivity contribution is 5.81. The highest BCUT2D eigenvalue weighted by Crippen LogP contribution is 2.27. The van der Waals surface area contributed by atoms with Crippen LogP contribution in [-0.2, 0) is 17.6 Å². The summed E-state index contributed by atoms with van der Waals surface area (Å²) in [6.45, 7) is 0.805. The van der Waals surface area contributed by atoms with Crippen molar-refractivity contribution in [2.75, 3.05) is 6.61 Å². The fraction of sp³-hybridized carbons (Fsp3) is 0.632. The summed E-state index contributed by atoms with van der Waals surface area (Å²) < 4.78 is 5.53. The normalized spacial score (nSPS) is 19.4. The quantitative estimate of drug-likeness (QED) is 0.815. The van der Waals surface area contributed by atoms with Crippen molar-refractivity contribution in [3.63, 3.8) is 0 Å². The molecule has 0 saturated heterocycles. The molecule has 2 heteroatoms. The predicted octanol–water partition coefficient (Wildman–Crippen LogP) is 4.48. The van der Waals surface area contributed by atoms with Crippen LogP contribution in [0.1, 0.15) is 62.5 Å². The smallest absolute Gasteiger partial charge is 0.136 e. The van der Waals surface area contributed by atoms with Crippen molar-refractivity contribution < 1.29 is 9.53 Å². The van der Waals surface area contributed by atoms with Crippen molar-refractivity contribution in [1.82, 2.24) is 0 Å². The van der Waals surface area contributed by atoms with Crippen molar-refractivity contribution in [2.24, 2.45) is 5.92 Å². The van der Waals surface area contributed by atoms with Crippen molar-refractivity contribution in [3.05, 3.63) is 29.3 Å². The lowest BCUT2D eigenvalue weighted by atomic mass is 9.86. The lowest BCUT2D eigenvalue weighted by Crippen LogP contribution is -2.16. The molecule has 0 bridgehead atoms. The molecule has 3 rings (SSSR count). The highest BCUT2D eigenvalue weighted by atomic mass is 16.5. The van der Waals surface area contributed by atoms with Crippen LogP contribution in [0.4, 0.5) is 0 Å². The van der Waals surface area contributed by atoms with Crippen LogP contribution in [0, 0.1) is 5.92 Å². The third-order valence-corrected chi connectivity index (χ3v) is 4.97. The third-order valence-electron chi connectivity index (χ3n) is 4.97. The van der Waals surface area contributed by atoms with Gasteiger partial charge in [0.2, 0.25) is 0 Å². The zero-order valence-electron chi connectivity index (χ0n) is 12.9. The van der Waals surface area contributed by atoms with Gasteiger partial charge in [-0.15, -0.1) is 0 Å². The molecule has 0 unspecified atom stereocenters. The summed E-state index contributed by atoms with van der Waals surface area (Å²) in [6.07, 6.45) is 11.3. The average molecular weight is 286 g/mol. The topological polar surface area (TPSA) is 26.3 Å². The molecule has 2 nitrogen and oxygen atoms in total. The minimum absolute atomic E-state index is 0.336. The van der Waals surface area contributed by atoms with E-state index in [4.69, 9.17) is 4.74 Å². The van der Waals surface area contributed by atoms with Crippen molar-refractivity contribution in [1.29, 1.82) is 0 Å². The van der Waals surface area contributed by atoms with Crippen LogP contribution in [0.3, 0.4) is 0 Å². The van der Waals surface area contributed by atoms with Crippen molar-refractivity contribution in [3.8, 4) is 5.75 Å². The first-order valence-electron chi connectivity index (χ1n) is 8.60. The lowest BCUT2D eigenvalue weighted by Gasteiger charge is -2.18. The molecule has 0 radical (unpaired) electrons. The van der Waals surface area contributed by atoms with E-state index in [1.54, 1.807) is 0 Å². The van der Waals surface area contributed by atoms with E-state index in [9.17, 15) is 4.79 Å². The summed E-state index contributed by atoms with van der Waals surface area (Å²) in [5.74, 6) is 1.86. The predicted molar refractivity (Wildman–Crippen MR) is 84.8 cm³/mol. The van der Waals surface area contributed by atoms with Gasteiger partial charge < -0.3 is 4.74 Å². The van der Waals surface area contributed by atoms with Gasteiger partial charge in [0.15, 0.2) is 0 Å². The number of benzene rings is 1. The van der Waals surface area contributed by atoms with Gasteiger partial charge in [-0.1, -0.05) is 44.2 Å². The Morgan fingerprint density at radius 3 is 2.67 bits per heavy atom. The molecule has 1 aromatic carbocycles. The maximum Gasteiger partial charge on any atom is 0.136 e. The second-order valence-corrected chi connectivity index (χ2v) is 6.55. The third kappa shape index (κ3) is 3.87. The van der Waals surface area contributed by atoms with Gasteiger partial charge in [0.25, 0.3) is 0 Å². The number of rotatable bonds is 4.